The first kappa shape index (κ1) is 10.7. The number of hydrogen-bond acceptors (Lipinski definition) is 1. The highest BCUT2D eigenvalue weighted by molar-refractivity contribution is 9.10. The van der Waals surface area contributed by atoms with E-state index < -0.39 is 0 Å². The largest absolute Gasteiger partial charge is 0.317 e. The topological polar surface area (TPSA) is 12.0 Å². The molecule has 0 atom stereocenters. The van der Waals surface area contributed by atoms with E-state index in [-0.39, 0.29) is 5.82 Å². The average molecular weight is 246 g/mol. The normalized spacial score (nSPS) is 10.4. The van der Waals surface area contributed by atoms with Crippen molar-refractivity contribution in [3.63, 3.8) is 0 Å². The molecule has 1 aromatic carbocycles. The Hall–Kier alpha value is -0.410. The monoisotopic (exact) mass is 245 g/mol. The van der Waals surface area contributed by atoms with Crippen LogP contribution in [-0.4, -0.2) is 13.1 Å². The molecule has 0 radical (unpaired) electrons. The van der Waals surface area contributed by atoms with Crippen LogP contribution in [0.3, 0.4) is 0 Å². The summed E-state index contributed by atoms with van der Waals surface area (Å²) in [7, 11) is 0. The first-order chi connectivity index (χ1) is 6.25. The molecular formula is C10H13BrFN. The SMILES string of the molecule is CCNCCc1cccc(Br)c1F. The molecule has 0 aliphatic rings. The summed E-state index contributed by atoms with van der Waals surface area (Å²) in [5, 5.41) is 3.16. The van der Waals surface area contributed by atoms with Crippen LogP contribution < -0.4 is 5.32 Å². The molecule has 1 nitrogen and oxygen atoms in total. The van der Waals surface area contributed by atoms with E-state index in [9.17, 15) is 4.39 Å². The highest BCUT2D eigenvalue weighted by Gasteiger charge is 2.04. The smallest absolute Gasteiger partial charge is 0.140 e. The van der Waals surface area contributed by atoms with Crippen molar-refractivity contribution in [3.8, 4) is 0 Å². The first-order valence-electron chi connectivity index (χ1n) is 4.39. The van der Waals surface area contributed by atoms with Gasteiger partial charge in [0.15, 0.2) is 0 Å². The number of halogens is 2. The Morgan fingerprint density at radius 3 is 2.92 bits per heavy atom. The Bertz CT molecular complexity index is 276. The highest BCUT2D eigenvalue weighted by atomic mass is 79.9. The van der Waals surface area contributed by atoms with Crippen molar-refractivity contribution in [2.75, 3.05) is 13.1 Å². The summed E-state index contributed by atoms with van der Waals surface area (Å²) in [5.41, 5.74) is 0.760. The molecule has 13 heavy (non-hydrogen) atoms. The second-order valence-electron chi connectivity index (χ2n) is 2.82. The summed E-state index contributed by atoms with van der Waals surface area (Å²) in [6, 6.07) is 5.39. The van der Waals surface area contributed by atoms with Crippen LogP contribution in [-0.2, 0) is 6.42 Å². The second kappa shape index (κ2) is 5.35. The maximum absolute atomic E-state index is 13.4. The molecule has 0 aliphatic carbocycles. The van der Waals surface area contributed by atoms with Crippen LogP contribution in [0, 0.1) is 5.82 Å². The first-order valence-corrected chi connectivity index (χ1v) is 5.18. The molecule has 0 fully saturated rings. The van der Waals surface area contributed by atoms with Crippen molar-refractivity contribution in [3.05, 3.63) is 34.1 Å². The lowest BCUT2D eigenvalue weighted by molar-refractivity contribution is 0.595. The number of benzene rings is 1. The van der Waals surface area contributed by atoms with Crippen LogP contribution in [0.5, 0.6) is 0 Å². The number of rotatable bonds is 4. The molecule has 1 aromatic rings. The van der Waals surface area contributed by atoms with E-state index in [0.29, 0.717) is 4.47 Å². The van der Waals surface area contributed by atoms with E-state index in [1.807, 2.05) is 19.1 Å². The second-order valence-corrected chi connectivity index (χ2v) is 3.67. The zero-order valence-corrected chi connectivity index (χ0v) is 9.20. The van der Waals surface area contributed by atoms with Gasteiger partial charge in [0.2, 0.25) is 0 Å². The van der Waals surface area contributed by atoms with Crippen molar-refractivity contribution in [2.45, 2.75) is 13.3 Å². The van der Waals surface area contributed by atoms with E-state index in [1.165, 1.54) is 0 Å². The molecule has 1 N–H and O–H groups in total. The van der Waals surface area contributed by atoms with Crippen LogP contribution >= 0.6 is 15.9 Å². The van der Waals surface area contributed by atoms with Crippen molar-refractivity contribution in [1.82, 2.24) is 5.32 Å². The Labute approximate surface area is 86.5 Å². The Morgan fingerprint density at radius 2 is 2.23 bits per heavy atom. The van der Waals surface area contributed by atoms with Crippen LogP contribution in [0.2, 0.25) is 0 Å². The van der Waals surface area contributed by atoms with E-state index in [2.05, 4.69) is 21.2 Å². The third-order valence-corrected chi connectivity index (χ3v) is 2.47. The van der Waals surface area contributed by atoms with E-state index >= 15 is 0 Å². The predicted molar refractivity (Wildman–Crippen MR) is 56.3 cm³/mol. The van der Waals surface area contributed by atoms with Gasteiger partial charge in [-0.1, -0.05) is 19.1 Å². The van der Waals surface area contributed by atoms with Crippen LogP contribution in [0.25, 0.3) is 0 Å². The molecule has 72 valence electrons. The summed E-state index contributed by atoms with van der Waals surface area (Å²) >= 11 is 3.16. The predicted octanol–water partition coefficient (Wildman–Crippen LogP) is 2.74. The lowest BCUT2D eigenvalue weighted by atomic mass is 10.1. The summed E-state index contributed by atoms with van der Waals surface area (Å²) < 4.78 is 13.9. The molecule has 0 aliphatic heterocycles. The standard InChI is InChI=1S/C10H13BrFN/c1-2-13-7-6-8-4-3-5-9(11)10(8)12/h3-5,13H,2,6-7H2,1H3. The van der Waals surface area contributed by atoms with Crippen molar-refractivity contribution in [1.29, 1.82) is 0 Å². The van der Waals surface area contributed by atoms with Crippen LogP contribution in [0.15, 0.2) is 22.7 Å². The van der Waals surface area contributed by atoms with Gasteiger partial charge in [0.25, 0.3) is 0 Å². The fraction of sp³-hybridized carbons (Fsp3) is 0.400. The minimum Gasteiger partial charge on any atom is -0.317 e. The molecule has 0 heterocycles. The summed E-state index contributed by atoms with van der Waals surface area (Å²) in [6.07, 6.45) is 0.735. The maximum Gasteiger partial charge on any atom is 0.140 e. The Balaban J connectivity index is 2.61. The summed E-state index contributed by atoms with van der Waals surface area (Å²) in [5.74, 6) is -0.139. The van der Waals surface area contributed by atoms with Gasteiger partial charge >= 0.3 is 0 Å². The van der Waals surface area contributed by atoms with E-state index in [1.54, 1.807) is 6.07 Å². The van der Waals surface area contributed by atoms with Gasteiger partial charge in [0.1, 0.15) is 5.82 Å². The number of likely N-dealkylation sites (N-methyl/N-ethyl adjacent to an activating group) is 1. The van der Waals surface area contributed by atoms with E-state index in [4.69, 9.17) is 0 Å². The highest BCUT2D eigenvalue weighted by Crippen LogP contribution is 2.18. The number of nitrogens with one attached hydrogen (secondary N) is 1. The van der Waals surface area contributed by atoms with Gasteiger partial charge in [-0.05, 0) is 47.1 Å². The van der Waals surface area contributed by atoms with Crippen molar-refractivity contribution < 1.29 is 4.39 Å². The average Bonchev–Trinajstić information content (AvgIpc) is 2.13. The zero-order valence-electron chi connectivity index (χ0n) is 7.61. The molecule has 0 bridgehead atoms. The summed E-state index contributed by atoms with van der Waals surface area (Å²) in [6.45, 7) is 3.79. The van der Waals surface area contributed by atoms with Gasteiger partial charge in [-0.2, -0.15) is 0 Å². The molecule has 0 spiro atoms. The van der Waals surface area contributed by atoms with Gasteiger partial charge in [-0.25, -0.2) is 4.39 Å². The quantitative estimate of drug-likeness (QED) is 0.805. The third-order valence-electron chi connectivity index (χ3n) is 1.85. The molecule has 0 amide bonds. The molecule has 3 heteroatoms. The molecule has 0 unspecified atom stereocenters. The molecule has 0 saturated carbocycles. The lowest BCUT2D eigenvalue weighted by Crippen LogP contribution is -2.16. The van der Waals surface area contributed by atoms with Crippen LogP contribution in [0.1, 0.15) is 12.5 Å². The minimum absolute atomic E-state index is 0.139. The Kier molecular flexibility index (Phi) is 4.39. The molecule has 0 saturated heterocycles. The fourth-order valence-corrected chi connectivity index (χ4v) is 1.55. The lowest BCUT2D eigenvalue weighted by Gasteiger charge is -2.04. The van der Waals surface area contributed by atoms with Gasteiger partial charge in [-0.15, -0.1) is 0 Å². The van der Waals surface area contributed by atoms with Crippen LogP contribution in [0.4, 0.5) is 4.39 Å². The molecule has 1 rings (SSSR count). The Morgan fingerprint density at radius 1 is 1.46 bits per heavy atom. The maximum atomic E-state index is 13.4. The van der Waals surface area contributed by atoms with Crippen molar-refractivity contribution >= 4 is 15.9 Å². The minimum atomic E-state index is -0.139. The van der Waals surface area contributed by atoms with Gasteiger partial charge in [0, 0.05) is 0 Å². The third kappa shape index (κ3) is 3.08. The van der Waals surface area contributed by atoms with Gasteiger partial charge in [0.05, 0.1) is 4.47 Å². The summed E-state index contributed by atoms with van der Waals surface area (Å²) in [4.78, 5) is 0. The fourth-order valence-electron chi connectivity index (χ4n) is 1.14. The van der Waals surface area contributed by atoms with E-state index in [0.717, 1.165) is 25.1 Å². The number of hydrogen-bond donors (Lipinski definition) is 1. The van der Waals surface area contributed by atoms with Crippen molar-refractivity contribution in [2.24, 2.45) is 0 Å². The molecule has 0 aromatic heterocycles. The van der Waals surface area contributed by atoms with Gasteiger partial charge in [-0.3, -0.25) is 0 Å². The zero-order chi connectivity index (χ0) is 9.68. The molecular weight excluding hydrogens is 233 g/mol. The van der Waals surface area contributed by atoms with Gasteiger partial charge < -0.3 is 5.32 Å².